The predicted octanol–water partition coefficient (Wildman–Crippen LogP) is 1.98. The third-order valence-corrected chi connectivity index (χ3v) is 4.60. The van der Waals surface area contributed by atoms with Gasteiger partial charge in [-0.2, -0.15) is 4.58 Å². The Labute approximate surface area is 130 Å². The molecule has 118 valence electrons. The molecular formula is C17H21NO4. The summed E-state index contributed by atoms with van der Waals surface area (Å²) in [7, 11) is 1.46. The molecule has 1 atom stereocenters. The van der Waals surface area contributed by atoms with Crippen molar-refractivity contribution in [2.75, 3.05) is 7.11 Å². The molecule has 0 radical (unpaired) electrons. The molecule has 2 aliphatic carbocycles. The highest BCUT2D eigenvalue weighted by molar-refractivity contribution is 5.87. The molecule has 3 aliphatic rings. The Hall–Kier alpha value is -1.88. The summed E-state index contributed by atoms with van der Waals surface area (Å²) in [6, 6.07) is 0.796. The van der Waals surface area contributed by atoms with E-state index in [0.717, 1.165) is 18.9 Å². The summed E-state index contributed by atoms with van der Waals surface area (Å²) >= 11 is 0. The lowest BCUT2D eigenvalue weighted by atomic mass is 9.78. The van der Waals surface area contributed by atoms with Gasteiger partial charge in [0.25, 0.3) is 12.2 Å². The Morgan fingerprint density at radius 2 is 1.86 bits per heavy atom. The smallest absolute Gasteiger partial charge is 0.398 e. The highest BCUT2D eigenvalue weighted by atomic mass is 16.7. The molecule has 5 heteroatoms. The second-order valence-electron chi connectivity index (χ2n) is 5.97. The second kappa shape index (κ2) is 6.08. The molecule has 0 aromatic heterocycles. The zero-order valence-electron chi connectivity index (χ0n) is 13.0. The number of allylic oxidation sites excluding steroid dienone is 2. The van der Waals surface area contributed by atoms with E-state index in [1.165, 1.54) is 7.11 Å². The standard InChI is InChI=1S/C17H21NO4/c1-11-18(16(20)17(21-2)22-11)14-7-3-12(4-8-14)13-5-9-15(19)10-6-13/h3-4,7-8,12-13,17H,5-6,9-10H2,1-2H3. The Morgan fingerprint density at radius 1 is 1.23 bits per heavy atom. The zero-order chi connectivity index (χ0) is 15.7. The van der Waals surface area contributed by atoms with Gasteiger partial charge in [-0.25, -0.2) is 0 Å². The van der Waals surface area contributed by atoms with Crippen molar-refractivity contribution in [3.63, 3.8) is 0 Å². The van der Waals surface area contributed by atoms with E-state index in [1.807, 2.05) is 12.2 Å². The SMILES string of the molecule is COC1OC(C)=[N+]([C-]2C=CC(C3CCC(=O)CC3)C=C2)C1=O. The van der Waals surface area contributed by atoms with Crippen molar-refractivity contribution >= 4 is 17.6 Å². The number of rotatable bonds is 3. The molecule has 0 saturated heterocycles. The maximum Gasteiger partial charge on any atom is 0.398 e. The lowest BCUT2D eigenvalue weighted by molar-refractivity contribution is -0.420. The zero-order valence-corrected chi connectivity index (χ0v) is 13.0. The van der Waals surface area contributed by atoms with Crippen LogP contribution in [0.2, 0.25) is 0 Å². The van der Waals surface area contributed by atoms with Gasteiger partial charge in [0, 0.05) is 26.9 Å². The average molecular weight is 303 g/mol. The van der Waals surface area contributed by atoms with Crippen LogP contribution < -0.4 is 0 Å². The Morgan fingerprint density at radius 3 is 2.41 bits per heavy atom. The number of amides is 1. The summed E-state index contributed by atoms with van der Waals surface area (Å²) < 4.78 is 11.9. The van der Waals surface area contributed by atoms with Gasteiger partial charge in [-0.1, -0.05) is 18.1 Å². The molecule has 1 fully saturated rings. The molecule has 0 N–H and O–H groups in total. The Balaban J connectivity index is 1.67. The van der Waals surface area contributed by atoms with Crippen molar-refractivity contribution in [1.82, 2.24) is 0 Å². The largest absolute Gasteiger partial charge is 0.446 e. The molecule has 1 aliphatic heterocycles. The minimum Gasteiger partial charge on any atom is -0.446 e. The van der Waals surface area contributed by atoms with Crippen LogP contribution in [0, 0.1) is 17.9 Å². The number of Topliss-reactive ketones (excluding diaryl/α,β-unsaturated/α-hetero) is 1. The lowest BCUT2D eigenvalue weighted by Gasteiger charge is -2.30. The normalized spacial score (nSPS) is 27.0. The van der Waals surface area contributed by atoms with Gasteiger partial charge in [0.05, 0.1) is 0 Å². The van der Waals surface area contributed by atoms with Gasteiger partial charge in [-0.05, 0) is 18.8 Å². The van der Waals surface area contributed by atoms with Gasteiger partial charge < -0.3 is 9.47 Å². The molecular weight excluding hydrogens is 282 g/mol. The monoisotopic (exact) mass is 303 g/mol. The highest BCUT2D eigenvalue weighted by Gasteiger charge is 2.39. The van der Waals surface area contributed by atoms with Crippen molar-refractivity contribution in [2.24, 2.45) is 11.8 Å². The number of hydrogen-bond donors (Lipinski definition) is 0. The second-order valence-corrected chi connectivity index (χ2v) is 5.97. The van der Waals surface area contributed by atoms with Crippen LogP contribution in [0.3, 0.4) is 0 Å². The van der Waals surface area contributed by atoms with Crippen molar-refractivity contribution in [3.8, 4) is 0 Å². The molecule has 1 amide bonds. The van der Waals surface area contributed by atoms with Crippen LogP contribution in [-0.4, -0.2) is 35.6 Å². The summed E-state index contributed by atoms with van der Waals surface area (Å²) in [5.41, 5.74) is 0. The predicted molar refractivity (Wildman–Crippen MR) is 79.8 cm³/mol. The molecule has 0 aromatic rings. The summed E-state index contributed by atoms with van der Waals surface area (Å²) in [6.07, 6.45) is 10.6. The number of ketones is 1. The first kappa shape index (κ1) is 15.0. The quantitative estimate of drug-likeness (QED) is 0.591. The first-order valence-electron chi connectivity index (χ1n) is 7.72. The number of carbonyl (C=O) groups excluding carboxylic acids is 2. The van der Waals surface area contributed by atoms with Crippen LogP contribution >= 0.6 is 0 Å². The molecule has 3 rings (SSSR count). The minimum atomic E-state index is -0.851. The van der Waals surface area contributed by atoms with Crippen molar-refractivity contribution in [1.29, 1.82) is 0 Å². The molecule has 0 bridgehead atoms. The molecule has 0 spiro atoms. The van der Waals surface area contributed by atoms with Crippen molar-refractivity contribution < 1.29 is 23.6 Å². The molecule has 1 unspecified atom stereocenters. The van der Waals surface area contributed by atoms with Gasteiger partial charge >= 0.3 is 5.91 Å². The Kier molecular flexibility index (Phi) is 4.16. The van der Waals surface area contributed by atoms with Crippen LogP contribution in [0.1, 0.15) is 32.6 Å². The van der Waals surface area contributed by atoms with Crippen LogP contribution in [0.5, 0.6) is 0 Å². The maximum atomic E-state index is 12.2. The van der Waals surface area contributed by atoms with E-state index in [-0.39, 0.29) is 5.91 Å². The van der Waals surface area contributed by atoms with Crippen molar-refractivity contribution in [2.45, 2.75) is 38.9 Å². The van der Waals surface area contributed by atoms with Gasteiger partial charge in [-0.3, -0.25) is 9.59 Å². The number of nitrogens with zero attached hydrogens (tertiary/aromatic N) is 1. The van der Waals surface area contributed by atoms with E-state index in [0.29, 0.717) is 36.4 Å². The molecule has 0 aromatic carbocycles. The Bertz CT molecular complexity index is 551. The van der Waals surface area contributed by atoms with Crippen molar-refractivity contribution in [3.05, 3.63) is 30.3 Å². The molecule has 1 saturated carbocycles. The average Bonchev–Trinajstić information content (AvgIpc) is 2.82. The first-order chi connectivity index (χ1) is 10.6. The van der Waals surface area contributed by atoms with Gasteiger partial charge in [0.2, 0.25) is 0 Å². The summed E-state index contributed by atoms with van der Waals surface area (Å²) in [4.78, 5) is 23.5. The maximum absolute atomic E-state index is 12.2. The number of carbonyl (C=O) groups is 2. The van der Waals surface area contributed by atoms with E-state index in [2.05, 4.69) is 12.2 Å². The van der Waals surface area contributed by atoms with Gasteiger partial charge in [-0.15, -0.1) is 12.2 Å². The van der Waals surface area contributed by atoms with E-state index in [1.54, 1.807) is 11.5 Å². The fourth-order valence-electron chi connectivity index (χ4n) is 3.33. The third kappa shape index (κ3) is 2.73. The fraction of sp³-hybridized carbons (Fsp3) is 0.529. The third-order valence-electron chi connectivity index (χ3n) is 4.60. The fourth-order valence-corrected chi connectivity index (χ4v) is 3.33. The first-order valence-corrected chi connectivity index (χ1v) is 7.72. The van der Waals surface area contributed by atoms with E-state index < -0.39 is 6.29 Å². The summed E-state index contributed by atoms with van der Waals surface area (Å²) in [6.45, 7) is 1.75. The highest BCUT2D eigenvalue weighted by Crippen LogP contribution is 2.33. The van der Waals surface area contributed by atoms with E-state index in [4.69, 9.17) is 9.47 Å². The topological polar surface area (TPSA) is 55.6 Å². The lowest BCUT2D eigenvalue weighted by Crippen LogP contribution is -2.30. The molecule has 22 heavy (non-hydrogen) atoms. The molecule has 1 heterocycles. The van der Waals surface area contributed by atoms with Gasteiger partial charge in [0.15, 0.2) is 0 Å². The number of ether oxygens (including phenoxy) is 2. The number of hydrogen-bond acceptors (Lipinski definition) is 4. The van der Waals surface area contributed by atoms with Crippen LogP contribution in [0.25, 0.3) is 0 Å². The minimum absolute atomic E-state index is 0.203. The van der Waals surface area contributed by atoms with E-state index >= 15 is 0 Å². The van der Waals surface area contributed by atoms with Crippen LogP contribution in [-0.2, 0) is 19.1 Å². The van der Waals surface area contributed by atoms with E-state index in [9.17, 15) is 9.59 Å². The van der Waals surface area contributed by atoms with Gasteiger partial charge in [0.1, 0.15) is 11.8 Å². The summed E-state index contributed by atoms with van der Waals surface area (Å²) in [5, 5.41) is 0. The van der Waals surface area contributed by atoms with Crippen LogP contribution in [0.15, 0.2) is 24.3 Å². The summed E-state index contributed by atoms with van der Waals surface area (Å²) in [5.74, 6) is 1.57. The molecule has 5 nitrogen and oxygen atoms in total. The van der Waals surface area contributed by atoms with Crippen LogP contribution in [0.4, 0.5) is 0 Å². The number of methoxy groups -OCH3 is 1.